The molecule has 0 saturated carbocycles. The number of aliphatic hydroxyl groups is 3. The van der Waals surface area contributed by atoms with Gasteiger partial charge >= 0.3 is 5.97 Å². The molecular weight excluding hydrogens is 494 g/mol. The maximum absolute atomic E-state index is 12.6. The Morgan fingerprint density at radius 3 is 2.50 bits per heavy atom. The highest BCUT2D eigenvalue weighted by atomic mass is 16.5. The van der Waals surface area contributed by atoms with Crippen molar-refractivity contribution in [2.24, 2.45) is 5.41 Å². The molecule has 3 heterocycles. The fraction of sp³-hybridized carbons (Fsp3) is 0.519. The predicted octanol–water partition coefficient (Wildman–Crippen LogP) is 1.03. The zero-order valence-electron chi connectivity index (χ0n) is 22.0. The van der Waals surface area contributed by atoms with E-state index in [1.165, 1.54) is 12.0 Å². The Labute approximate surface area is 221 Å². The summed E-state index contributed by atoms with van der Waals surface area (Å²) < 4.78 is 11.8. The van der Waals surface area contributed by atoms with Crippen LogP contribution < -0.4 is 14.4 Å². The number of aromatic nitrogens is 1. The van der Waals surface area contributed by atoms with E-state index < -0.39 is 36.1 Å². The van der Waals surface area contributed by atoms with Gasteiger partial charge in [-0.1, -0.05) is 13.0 Å². The minimum absolute atomic E-state index is 0.145. The predicted molar refractivity (Wildman–Crippen MR) is 138 cm³/mol. The van der Waals surface area contributed by atoms with E-state index in [1.54, 1.807) is 32.2 Å². The van der Waals surface area contributed by atoms with Gasteiger partial charge in [-0.25, -0.2) is 9.78 Å². The second-order valence-electron chi connectivity index (χ2n) is 10.4. The van der Waals surface area contributed by atoms with Crippen LogP contribution in [0.5, 0.6) is 11.5 Å². The number of methoxy groups -OCH3 is 1. The minimum Gasteiger partial charge on any atom is -0.493 e. The van der Waals surface area contributed by atoms with E-state index in [0.717, 1.165) is 11.1 Å². The summed E-state index contributed by atoms with van der Waals surface area (Å²) in [6.07, 6.45) is -0.855. The Hall–Kier alpha value is -3.41. The molecular formula is C27H35N3O8. The monoisotopic (exact) mass is 529 g/mol. The summed E-state index contributed by atoms with van der Waals surface area (Å²) in [6, 6.07) is 7.09. The lowest BCUT2D eigenvalue weighted by Crippen LogP contribution is -2.54. The topological polar surface area (TPSA) is 153 Å². The van der Waals surface area contributed by atoms with Crippen molar-refractivity contribution in [3.05, 3.63) is 47.2 Å². The number of anilines is 1. The second-order valence-corrected chi connectivity index (χ2v) is 10.4. The smallest absolute Gasteiger partial charge is 0.339 e. The molecule has 1 amide bonds. The number of benzene rings is 1. The standard InChI is InChI=1S/C27H35N3O8/c1-15-7-19(26(35)36)24(28-9-15)29-10-18(11-29)38-23-8-17(5-6-22(23)37-4)20-12-30(25(34)21(33)13-31)14-27(20,3)16(2)32/h5-9,16,18,20-21,31-33H,10-14H2,1-4H3,(H,35,36)/t16-,20+,21?,27+/m1/s1. The molecule has 1 aromatic heterocycles. The lowest BCUT2D eigenvalue weighted by atomic mass is 9.72. The third kappa shape index (κ3) is 5.13. The van der Waals surface area contributed by atoms with Crippen molar-refractivity contribution in [3.8, 4) is 11.5 Å². The number of hydrogen-bond donors (Lipinski definition) is 4. The summed E-state index contributed by atoms with van der Waals surface area (Å²) in [7, 11) is 1.54. The summed E-state index contributed by atoms with van der Waals surface area (Å²) in [4.78, 5) is 31.9. The number of nitrogens with zero attached hydrogens (tertiary/aromatic N) is 3. The number of ether oxygens (including phenoxy) is 2. The third-order valence-electron chi connectivity index (χ3n) is 7.72. The van der Waals surface area contributed by atoms with Gasteiger partial charge in [-0.2, -0.15) is 0 Å². The van der Waals surface area contributed by atoms with Gasteiger partial charge in [0.25, 0.3) is 5.91 Å². The van der Waals surface area contributed by atoms with Crippen LogP contribution in [-0.4, -0.2) is 100 Å². The molecule has 0 radical (unpaired) electrons. The number of hydrogen-bond acceptors (Lipinski definition) is 9. The Kier molecular flexibility index (Phi) is 7.82. The molecule has 2 aliphatic heterocycles. The van der Waals surface area contributed by atoms with E-state index in [0.29, 0.717) is 30.4 Å². The number of carbonyl (C=O) groups excluding carboxylic acids is 1. The van der Waals surface area contributed by atoms with Crippen molar-refractivity contribution in [1.29, 1.82) is 0 Å². The van der Waals surface area contributed by atoms with Gasteiger partial charge in [0.2, 0.25) is 0 Å². The van der Waals surface area contributed by atoms with Crippen LogP contribution in [0, 0.1) is 12.3 Å². The summed E-state index contributed by atoms with van der Waals surface area (Å²) in [5.41, 5.74) is 1.05. The largest absolute Gasteiger partial charge is 0.493 e. The highest BCUT2D eigenvalue weighted by molar-refractivity contribution is 5.93. The first-order valence-electron chi connectivity index (χ1n) is 12.5. The number of aromatic carboxylic acids is 1. The Bertz CT molecular complexity index is 1200. The number of aliphatic hydroxyl groups excluding tert-OH is 3. The van der Waals surface area contributed by atoms with Crippen LogP contribution in [0.2, 0.25) is 0 Å². The molecule has 4 N–H and O–H groups in total. The SMILES string of the molecule is COc1ccc([C@@H]2CN(C(=O)C(O)CO)C[C@@]2(C)[C@@H](C)O)cc1OC1CN(c2ncc(C)cc2C(=O)O)C1. The van der Waals surface area contributed by atoms with E-state index >= 15 is 0 Å². The highest BCUT2D eigenvalue weighted by Gasteiger charge is 2.49. The van der Waals surface area contributed by atoms with E-state index in [-0.39, 0.29) is 30.7 Å². The van der Waals surface area contributed by atoms with Gasteiger partial charge in [0.05, 0.1) is 32.9 Å². The summed E-state index contributed by atoms with van der Waals surface area (Å²) in [5.74, 6) is -0.459. The molecule has 38 heavy (non-hydrogen) atoms. The number of carbonyl (C=O) groups is 2. The maximum atomic E-state index is 12.6. The van der Waals surface area contributed by atoms with Crippen molar-refractivity contribution in [1.82, 2.24) is 9.88 Å². The zero-order chi connectivity index (χ0) is 27.8. The van der Waals surface area contributed by atoms with Crippen LogP contribution in [0.25, 0.3) is 0 Å². The van der Waals surface area contributed by atoms with Crippen LogP contribution in [0.15, 0.2) is 30.5 Å². The van der Waals surface area contributed by atoms with Crippen molar-refractivity contribution in [2.45, 2.75) is 45.0 Å². The van der Waals surface area contributed by atoms with Gasteiger partial charge < -0.3 is 39.7 Å². The number of carboxylic acids is 1. The first kappa shape index (κ1) is 27.6. The van der Waals surface area contributed by atoms with Crippen LogP contribution in [0.1, 0.15) is 41.3 Å². The van der Waals surface area contributed by atoms with Crippen molar-refractivity contribution >= 4 is 17.7 Å². The molecule has 0 aliphatic carbocycles. The van der Waals surface area contributed by atoms with E-state index in [1.807, 2.05) is 24.0 Å². The quantitative estimate of drug-likeness (QED) is 0.370. The van der Waals surface area contributed by atoms with Crippen LogP contribution >= 0.6 is 0 Å². The normalized spacial score (nSPS) is 23.1. The van der Waals surface area contributed by atoms with Crippen LogP contribution in [-0.2, 0) is 4.79 Å². The lowest BCUT2D eigenvalue weighted by molar-refractivity contribution is -0.141. The number of aryl methyl sites for hydroxylation is 1. The Balaban J connectivity index is 1.54. The molecule has 11 heteroatoms. The summed E-state index contributed by atoms with van der Waals surface area (Å²) >= 11 is 0. The van der Waals surface area contributed by atoms with E-state index in [2.05, 4.69) is 4.98 Å². The number of carboxylic acid groups (broad SMARTS) is 1. The Morgan fingerprint density at radius 1 is 1.18 bits per heavy atom. The van der Waals surface area contributed by atoms with Gasteiger partial charge in [0.15, 0.2) is 17.6 Å². The van der Waals surface area contributed by atoms with Gasteiger partial charge in [0, 0.05) is 30.6 Å². The van der Waals surface area contributed by atoms with Crippen molar-refractivity contribution in [2.75, 3.05) is 44.8 Å². The molecule has 11 nitrogen and oxygen atoms in total. The van der Waals surface area contributed by atoms with E-state index in [9.17, 15) is 30.0 Å². The first-order valence-corrected chi connectivity index (χ1v) is 12.5. The molecule has 2 aliphatic rings. The van der Waals surface area contributed by atoms with Gasteiger partial charge in [-0.15, -0.1) is 0 Å². The number of rotatable bonds is 9. The van der Waals surface area contributed by atoms with Gasteiger partial charge in [0.1, 0.15) is 17.5 Å². The van der Waals surface area contributed by atoms with Crippen molar-refractivity contribution in [3.63, 3.8) is 0 Å². The minimum atomic E-state index is -1.51. The van der Waals surface area contributed by atoms with E-state index in [4.69, 9.17) is 9.47 Å². The summed E-state index contributed by atoms with van der Waals surface area (Å²) in [6.45, 7) is 6.07. The number of pyridine rings is 1. The number of amides is 1. The molecule has 1 aromatic carbocycles. The number of likely N-dealkylation sites (tertiary alicyclic amines) is 1. The average molecular weight is 530 g/mol. The van der Waals surface area contributed by atoms with Crippen molar-refractivity contribution < 1.29 is 39.5 Å². The fourth-order valence-electron chi connectivity index (χ4n) is 5.22. The zero-order valence-corrected chi connectivity index (χ0v) is 22.0. The van der Waals surface area contributed by atoms with Crippen LogP contribution in [0.3, 0.4) is 0 Å². The average Bonchev–Trinajstić information content (AvgIpc) is 3.23. The molecule has 4 rings (SSSR count). The molecule has 4 atom stereocenters. The molecule has 1 unspecified atom stereocenters. The highest BCUT2D eigenvalue weighted by Crippen LogP contribution is 2.47. The molecule has 0 bridgehead atoms. The lowest BCUT2D eigenvalue weighted by Gasteiger charge is -2.40. The fourth-order valence-corrected chi connectivity index (χ4v) is 5.22. The molecule has 2 aromatic rings. The molecule has 206 valence electrons. The third-order valence-corrected chi connectivity index (χ3v) is 7.72. The molecule has 0 spiro atoms. The van der Waals surface area contributed by atoms with Gasteiger partial charge in [-0.05, 0) is 43.2 Å². The first-order chi connectivity index (χ1) is 18.0. The molecule has 2 saturated heterocycles. The molecule has 2 fully saturated rings. The second kappa shape index (κ2) is 10.8. The maximum Gasteiger partial charge on any atom is 0.339 e. The van der Waals surface area contributed by atoms with Crippen LogP contribution in [0.4, 0.5) is 5.82 Å². The summed E-state index contributed by atoms with van der Waals surface area (Å²) in [5, 5.41) is 39.3. The van der Waals surface area contributed by atoms with Gasteiger partial charge in [-0.3, -0.25) is 4.79 Å². The Morgan fingerprint density at radius 2 is 1.89 bits per heavy atom.